The number of rotatable bonds is 6. The van der Waals surface area contributed by atoms with Crippen molar-refractivity contribution in [1.29, 1.82) is 0 Å². The van der Waals surface area contributed by atoms with Gasteiger partial charge in [-0.05, 0) is 56.2 Å². The van der Waals surface area contributed by atoms with Crippen LogP contribution in [0.1, 0.15) is 43.0 Å². The molecule has 1 aliphatic carbocycles. The summed E-state index contributed by atoms with van der Waals surface area (Å²) in [6, 6.07) is 16.8. The lowest BCUT2D eigenvalue weighted by molar-refractivity contribution is -0.129. The maximum atomic E-state index is 13.0. The molecule has 1 aliphatic rings. The van der Waals surface area contributed by atoms with Crippen LogP contribution in [-0.4, -0.2) is 36.1 Å². The quantitative estimate of drug-likeness (QED) is 0.596. The van der Waals surface area contributed by atoms with Crippen molar-refractivity contribution in [3.8, 4) is 17.0 Å². The van der Waals surface area contributed by atoms with Crippen molar-refractivity contribution >= 4 is 22.8 Å². The number of methoxy groups -OCH3 is 1. The van der Waals surface area contributed by atoms with E-state index < -0.39 is 12.1 Å². The van der Waals surface area contributed by atoms with Crippen molar-refractivity contribution in [3.63, 3.8) is 0 Å². The number of ether oxygens (including phenoxy) is 2. The molecule has 31 heavy (non-hydrogen) atoms. The van der Waals surface area contributed by atoms with Crippen LogP contribution in [0.4, 0.5) is 0 Å². The zero-order valence-corrected chi connectivity index (χ0v) is 17.8. The fourth-order valence-electron chi connectivity index (χ4n) is 3.92. The zero-order valence-electron chi connectivity index (χ0n) is 17.8. The number of aromatic nitrogens is 1. The van der Waals surface area contributed by atoms with Crippen LogP contribution >= 0.6 is 0 Å². The Bertz CT molecular complexity index is 1090. The molecule has 1 fully saturated rings. The molecule has 0 bridgehead atoms. The monoisotopic (exact) mass is 418 g/mol. The van der Waals surface area contributed by atoms with E-state index in [-0.39, 0.29) is 11.9 Å². The van der Waals surface area contributed by atoms with Gasteiger partial charge in [0.05, 0.1) is 23.9 Å². The molecule has 1 saturated carbocycles. The summed E-state index contributed by atoms with van der Waals surface area (Å²) >= 11 is 0. The number of pyridine rings is 1. The van der Waals surface area contributed by atoms with Crippen LogP contribution in [0.3, 0.4) is 0 Å². The van der Waals surface area contributed by atoms with Crippen LogP contribution in [0.25, 0.3) is 22.2 Å². The Morgan fingerprint density at radius 2 is 1.77 bits per heavy atom. The fourth-order valence-corrected chi connectivity index (χ4v) is 3.92. The number of esters is 1. The molecule has 0 unspecified atom stereocenters. The first-order chi connectivity index (χ1) is 15.0. The van der Waals surface area contributed by atoms with E-state index in [9.17, 15) is 9.59 Å². The van der Waals surface area contributed by atoms with Gasteiger partial charge in [0.1, 0.15) is 5.75 Å². The van der Waals surface area contributed by atoms with E-state index in [1.807, 2.05) is 48.5 Å². The predicted molar refractivity (Wildman–Crippen MR) is 119 cm³/mol. The van der Waals surface area contributed by atoms with E-state index in [1.165, 1.54) is 0 Å². The molecule has 1 atom stereocenters. The molecule has 6 nitrogen and oxygen atoms in total. The molecule has 1 aromatic heterocycles. The van der Waals surface area contributed by atoms with Gasteiger partial charge >= 0.3 is 5.97 Å². The molecule has 1 heterocycles. The second-order valence-electron chi connectivity index (χ2n) is 7.84. The number of carbonyl (C=O) groups is 2. The Kier molecular flexibility index (Phi) is 6.16. The molecule has 6 heteroatoms. The predicted octanol–water partition coefficient (Wildman–Crippen LogP) is 4.51. The largest absolute Gasteiger partial charge is 0.497 e. The second kappa shape index (κ2) is 9.16. The van der Waals surface area contributed by atoms with Gasteiger partial charge in [-0.1, -0.05) is 31.0 Å². The van der Waals surface area contributed by atoms with Crippen LogP contribution in [0.5, 0.6) is 5.75 Å². The van der Waals surface area contributed by atoms with E-state index in [4.69, 9.17) is 14.5 Å². The highest BCUT2D eigenvalue weighted by atomic mass is 16.5. The number of nitrogens with zero attached hydrogens (tertiary/aromatic N) is 1. The van der Waals surface area contributed by atoms with Gasteiger partial charge in [-0.2, -0.15) is 0 Å². The van der Waals surface area contributed by atoms with Gasteiger partial charge in [-0.25, -0.2) is 9.78 Å². The van der Waals surface area contributed by atoms with Crippen LogP contribution < -0.4 is 10.1 Å². The highest BCUT2D eigenvalue weighted by molar-refractivity contribution is 6.05. The molecule has 0 aliphatic heterocycles. The topological polar surface area (TPSA) is 77.5 Å². The van der Waals surface area contributed by atoms with Crippen molar-refractivity contribution in [3.05, 3.63) is 60.2 Å². The summed E-state index contributed by atoms with van der Waals surface area (Å²) in [5.74, 6) is -0.0531. The standard InChI is InChI=1S/C25H26N2O4/c1-16(24(28)26-18-7-3-4-8-18)31-25(29)21-15-23(17-11-13-19(30-2)14-12-17)27-22-10-6-5-9-20(21)22/h5-6,9-16,18H,3-4,7-8H2,1-2H3,(H,26,28)/t16-/m1/s1. The minimum absolute atomic E-state index is 0.178. The first-order valence-corrected chi connectivity index (χ1v) is 10.6. The number of hydrogen-bond acceptors (Lipinski definition) is 5. The second-order valence-corrected chi connectivity index (χ2v) is 7.84. The zero-order chi connectivity index (χ0) is 21.8. The summed E-state index contributed by atoms with van der Waals surface area (Å²) in [5.41, 5.74) is 2.58. The van der Waals surface area contributed by atoms with E-state index in [0.717, 1.165) is 37.0 Å². The smallest absolute Gasteiger partial charge is 0.339 e. The maximum absolute atomic E-state index is 13.0. The number of fused-ring (bicyclic) bond motifs is 1. The van der Waals surface area contributed by atoms with Gasteiger partial charge in [0, 0.05) is 17.0 Å². The molecule has 0 radical (unpaired) electrons. The van der Waals surface area contributed by atoms with Gasteiger partial charge < -0.3 is 14.8 Å². The van der Waals surface area contributed by atoms with Crippen LogP contribution in [0.15, 0.2) is 54.6 Å². The number of amides is 1. The van der Waals surface area contributed by atoms with Crippen molar-refractivity contribution < 1.29 is 19.1 Å². The molecule has 2 aromatic carbocycles. The van der Waals surface area contributed by atoms with Crippen molar-refractivity contribution in [2.75, 3.05) is 7.11 Å². The number of hydrogen-bond donors (Lipinski definition) is 1. The lowest BCUT2D eigenvalue weighted by Crippen LogP contribution is -2.40. The molecular formula is C25H26N2O4. The summed E-state index contributed by atoms with van der Waals surface area (Å²) in [7, 11) is 1.61. The Labute approximate surface area is 181 Å². The molecule has 0 saturated heterocycles. The first-order valence-electron chi connectivity index (χ1n) is 10.6. The van der Waals surface area contributed by atoms with Crippen molar-refractivity contribution in [1.82, 2.24) is 10.3 Å². The van der Waals surface area contributed by atoms with Gasteiger partial charge in [0.25, 0.3) is 5.91 Å². The van der Waals surface area contributed by atoms with E-state index in [0.29, 0.717) is 22.2 Å². The summed E-state index contributed by atoms with van der Waals surface area (Å²) < 4.78 is 10.8. The van der Waals surface area contributed by atoms with Gasteiger partial charge in [0.2, 0.25) is 0 Å². The summed E-state index contributed by atoms with van der Waals surface area (Å²) in [4.78, 5) is 30.2. The normalized spacial score (nSPS) is 14.9. The Morgan fingerprint density at radius 1 is 1.06 bits per heavy atom. The van der Waals surface area contributed by atoms with Gasteiger partial charge in [-0.15, -0.1) is 0 Å². The van der Waals surface area contributed by atoms with Gasteiger partial charge in [-0.3, -0.25) is 4.79 Å². The number of nitrogens with one attached hydrogen (secondary N) is 1. The summed E-state index contributed by atoms with van der Waals surface area (Å²) in [6.45, 7) is 1.61. The molecule has 4 rings (SSSR count). The minimum atomic E-state index is -0.871. The lowest BCUT2D eigenvalue weighted by atomic mass is 10.0. The molecular weight excluding hydrogens is 392 g/mol. The molecule has 1 amide bonds. The highest BCUT2D eigenvalue weighted by Gasteiger charge is 2.24. The van der Waals surface area contributed by atoms with Crippen molar-refractivity contribution in [2.24, 2.45) is 0 Å². The highest BCUT2D eigenvalue weighted by Crippen LogP contribution is 2.27. The Balaban J connectivity index is 1.60. The van der Waals surface area contributed by atoms with E-state index in [1.54, 1.807) is 20.1 Å². The van der Waals surface area contributed by atoms with Crippen LogP contribution in [0, 0.1) is 0 Å². The number of benzene rings is 2. The molecule has 1 N–H and O–H groups in total. The third kappa shape index (κ3) is 4.68. The third-order valence-corrected chi connectivity index (χ3v) is 5.68. The van der Waals surface area contributed by atoms with Crippen LogP contribution in [0.2, 0.25) is 0 Å². The number of carbonyl (C=O) groups excluding carboxylic acids is 2. The lowest BCUT2D eigenvalue weighted by Gasteiger charge is -2.18. The fraction of sp³-hybridized carbons (Fsp3) is 0.320. The van der Waals surface area contributed by atoms with Gasteiger partial charge in [0.15, 0.2) is 6.10 Å². The van der Waals surface area contributed by atoms with Crippen molar-refractivity contribution in [2.45, 2.75) is 44.8 Å². The average molecular weight is 418 g/mol. The SMILES string of the molecule is COc1ccc(-c2cc(C(=O)O[C@H](C)C(=O)NC3CCCC3)c3ccccc3n2)cc1. The summed E-state index contributed by atoms with van der Waals surface area (Å²) in [5, 5.41) is 3.67. The Hall–Kier alpha value is -3.41. The molecule has 3 aromatic rings. The third-order valence-electron chi connectivity index (χ3n) is 5.68. The van der Waals surface area contributed by atoms with E-state index >= 15 is 0 Å². The molecule has 160 valence electrons. The molecule has 0 spiro atoms. The Morgan fingerprint density at radius 3 is 2.48 bits per heavy atom. The van der Waals surface area contributed by atoms with Crippen LogP contribution in [-0.2, 0) is 9.53 Å². The van der Waals surface area contributed by atoms with E-state index in [2.05, 4.69) is 5.32 Å². The maximum Gasteiger partial charge on any atom is 0.339 e. The average Bonchev–Trinajstić information content (AvgIpc) is 3.31. The first kappa shape index (κ1) is 20.8. The summed E-state index contributed by atoms with van der Waals surface area (Å²) in [6.07, 6.45) is 3.33. The number of para-hydroxylation sites is 1. The minimum Gasteiger partial charge on any atom is -0.497 e.